The number of hydrogen-bond donors (Lipinski definition) is 1. The van der Waals surface area contributed by atoms with Crippen molar-refractivity contribution in [3.8, 4) is 5.75 Å². The van der Waals surface area contributed by atoms with Gasteiger partial charge in [-0.05, 0) is 19.2 Å². The molecule has 0 aliphatic carbocycles. The molecule has 1 N–H and O–H groups in total. The van der Waals surface area contributed by atoms with E-state index >= 15 is 0 Å². The molecular weight excluding hydrogens is 222 g/mol. The molecule has 1 fully saturated rings. The van der Waals surface area contributed by atoms with Crippen molar-refractivity contribution in [3.63, 3.8) is 0 Å². The van der Waals surface area contributed by atoms with Crippen LogP contribution in [0.4, 0.5) is 0 Å². The van der Waals surface area contributed by atoms with Crippen molar-refractivity contribution < 1.29 is 9.84 Å². The molecular formula is C12H17NO2S. The number of para-hydroxylation sites is 1. The first-order valence-electron chi connectivity index (χ1n) is 5.46. The van der Waals surface area contributed by atoms with Gasteiger partial charge in [-0.1, -0.05) is 12.1 Å². The molecule has 3 nitrogen and oxygen atoms in total. The molecule has 4 heteroatoms. The summed E-state index contributed by atoms with van der Waals surface area (Å²) in [6.07, 6.45) is 0.267. The molecule has 0 saturated carbocycles. The molecule has 1 aliphatic heterocycles. The Hall–Kier alpha value is -0.710. The summed E-state index contributed by atoms with van der Waals surface area (Å²) in [5.74, 6) is 1.25. The Bertz CT molecular complexity index is 346. The molecule has 1 unspecified atom stereocenters. The third-order valence-corrected chi connectivity index (χ3v) is 3.83. The largest absolute Gasteiger partial charge is 0.507 e. The van der Waals surface area contributed by atoms with Gasteiger partial charge < -0.3 is 14.7 Å². The average molecular weight is 239 g/mol. The first kappa shape index (κ1) is 11.8. The SMILES string of the molecule is CN1CCOC(CSc2ccccc2O)C1. The number of morpholine rings is 1. The van der Waals surface area contributed by atoms with E-state index in [4.69, 9.17) is 4.74 Å². The number of phenols is 1. The fourth-order valence-electron chi connectivity index (χ4n) is 1.73. The normalized spacial score (nSPS) is 22.2. The number of nitrogens with zero attached hydrogens (tertiary/aromatic N) is 1. The van der Waals surface area contributed by atoms with Crippen LogP contribution in [0.15, 0.2) is 29.2 Å². The van der Waals surface area contributed by atoms with Crippen molar-refractivity contribution >= 4 is 11.8 Å². The minimum atomic E-state index is 0.267. The van der Waals surface area contributed by atoms with Gasteiger partial charge in [-0.3, -0.25) is 0 Å². The van der Waals surface area contributed by atoms with Crippen molar-refractivity contribution in [2.24, 2.45) is 0 Å². The van der Waals surface area contributed by atoms with E-state index in [9.17, 15) is 5.11 Å². The topological polar surface area (TPSA) is 32.7 Å². The Kier molecular flexibility index (Phi) is 4.09. The second-order valence-corrected chi connectivity index (χ2v) is 5.10. The first-order valence-corrected chi connectivity index (χ1v) is 6.45. The highest BCUT2D eigenvalue weighted by Crippen LogP contribution is 2.28. The number of aromatic hydroxyl groups is 1. The standard InChI is InChI=1S/C12H17NO2S/c1-13-6-7-15-10(8-13)9-16-12-5-3-2-4-11(12)14/h2-5,10,14H,6-9H2,1H3. The number of rotatable bonds is 3. The van der Waals surface area contributed by atoms with Crippen molar-refractivity contribution in [1.82, 2.24) is 4.90 Å². The van der Waals surface area contributed by atoms with Crippen LogP contribution in [-0.4, -0.2) is 48.6 Å². The highest BCUT2D eigenvalue weighted by atomic mass is 32.2. The van der Waals surface area contributed by atoms with Crippen LogP contribution in [-0.2, 0) is 4.74 Å². The van der Waals surface area contributed by atoms with Crippen molar-refractivity contribution in [1.29, 1.82) is 0 Å². The lowest BCUT2D eigenvalue weighted by Crippen LogP contribution is -2.41. The number of phenolic OH excluding ortho intramolecular Hbond substituents is 1. The predicted molar refractivity (Wildman–Crippen MR) is 66.1 cm³/mol. The van der Waals surface area contributed by atoms with E-state index in [1.807, 2.05) is 18.2 Å². The van der Waals surface area contributed by atoms with Gasteiger partial charge in [-0.25, -0.2) is 0 Å². The number of hydrogen-bond acceptors (Lipinski definition) is 4. The van der Waals surface area contributed by atoms with Crippen LogP contribution in [0.5, 0.6) is 5.75 Å². The van der Waals surface area contributed by atoms with E-state index in [0.717, 1.165) is 30.3 Å². The predicted octanol–water partition coefficient (Wildman–Crippen LogP) is 1.81. The molecule has 2 rings (SSSR count). The van der Waals surface area contributed by atoms with Gasteiger partial charge in [0.2, 0.25) is 0 Å². The summed E-state index contributed by atoms with van der Waals surface area (Å²) in [5.41, 5.74) is 0. The van der Waals surface area contributed by atoms with Crippen LogP contribution in [0.2, 0.25) is 0 Å². The second-order valence-electron chi connectivity index (χ2n) is 4.03. The monoisotopic (exact) mass is 239 g/mol. The van der Waals surface area contributed by atoms with Crippen molar-refractivity contribution in [3.05, 3.63) is 24.3 Å². The molecule has 0 radical (unpaired) electrons. The highest BCUT2D eigenvalue weighted by molar-refractivity contribution is 7.99. The van der Waals surface area contributed by atoms with Crippen LogP contribution >= 0.6 is 11.8 Å². The molecule has 16 heavy (non-hydrogen) atoms. The molecule has 88 valence electrons. The van der Waals surface area contributed by atoms with Gasteiger partial charge in [-0.15, -0.1) is 11.8 Å². The zero-order valence-electron chi connectivity index (χ0n) is 9.43. The van der Waals surface area contributed by atoms with Gasteiger partial charge in [0.1, 0.15) is 5.75 Å². The molecule has 1 aromatic carbocycles. The summed E-state index contributed by atoms with van der Waals surface area (Å²) in [5, 5.41) is 9.62. The molecule has 0 spiro atoms. The highest BCUT2D eigenvalue weighted by Gasteiger charge is 2.18. The third-order valence-electron chi connectivity index (χ3n) is 2.63. The van der Waals surface area contributed by atoms with E-state index < -0.39 is 0 Å². The summed E-state index contributed by atoms with van der Waals surface area (Å²) in [6.45, 7) is 2.79. The van der Waals surface area contributed by atoms with Gasteiger partial charge in [0.05, 0.1) is 12.7 Å². The Balaban J connectivity index is 1.85. The van der Waals surface area contributed by atoms with E-state index in [0.29, 0.717) is 5.75 Å². The van der Waals surface area contributed by atoms with E-state index in [2.05, 4.69) is 11.9 Å². The summed E-state index contributed by atoms with van der Waals surface area (Å²) < 4.78 is 5.67. The van der Waals surface area contributed by atoms with Crippen LogP contribution in [0.25, 0.3) is 0 Å². The number of thioether (sulfide) groups is 1. The Morgan fingerprint density at radius 2 is 2.31 bits per heavy atom. The smallest absolute Gasteiger partial charge is 0.129 e. The average Bonchev–Trinajstić information content (AvgIpc) is 2.28. The van der Waals surface area contributed by atoms with Gasteiger partial charge in [0.25, 0.3) is 0 Å². The molecule has 0 aromatic heterocycles. The Labute approximate surface area is 100 Å². The van der Waals surface area contributed by atoms with Crippen LogP contribution < -0.4 is 0 Å². The zero-order valence-corrected chi connectivity index (χ0v) is 10.2. The van der Waals surface area contributed by atoms with Crippen molar-refractivity contribution in [2.45, 2.75) is 11.0 Å². The number of ether oxygens (including phenoxy) is 1. The maximum absolute atomic E-state index is 9.62. The van der Waals surface area contributed by atoms with Gasteiger partial charge in [-0.2, -0.15) is 0 Å². The summed E-state index contributed by atoms with van der Waals surface area (Å²) in [7, 11) is 2.11. The van der Waals surface area contributed by atoms with Crippen molar-refractivity contribution in [2.75, 3.05) is 32.5 Å². The van der Waals surface area contributed by atoms with Gasteiger partial charge >= 0.3 is 0 Å². The summed E-state index contributed by atoms with van der Waals surface area (Å²) in [6, 6.07) is 7.43. The van der Waals surface area contributed by atoms with E-state index in [1.165, 1.54) is 0 Å². The second kappa shape index (κ2) is 5.57. The fraction of sp³-hybridized carbons (Fsp3) is 0.500. The Morgan fingerprint density at radius 3 is 3.06 bits per heavy atom. The minimum Gasteiger partial charge on any atom is -0.507 e. The zero-order chi connectivity index (χ0) is 11.4. The molecule has 1 aliphatic rings. The maximum atomic E-state index is 9.62. The third kappa shape index (κ3) is 3.14. The van der Waals surface area contributed by atoms with Crippen LogP contribution in [0.3, 0.4) is 0 Å². The van der Waals surface area contributed by atoms with Crippen LogP contribution in [0.1, 0.15) is 0 Å². The molecule has 0 amide bonds. The Morgan fingerprint density at radius 1 is 1.50 bits per heavy atom. The lowest BCUT2D eigenvalue weighted by Gasteiger charge is -2.29. The minimum absolute atomic E-state index is 0.267. The lowest BCUT2D eigenvalue weighted by atomic mass is 10.3. The molecule has 1 atom stereocenters. The van der Waals surface area contributed by atoms with E-state index in [-0.39, 0.29) is 6.10 Å². The lowest BCUT2D eigenvalue weighted by molar-refractivity contribution is -0.00598. The molecule has 0 bridgehead atoms. The van der Waals surface area contributed by atoms with Crippen LogP contribution in [0, 0.1) is 0 Å². The fourth-order valence-corrected chi connectivity index (χ4v) is 2.69. The first-order chi connectivity index (χ1) is 7.75. The van der Waals surface area contributed by atoms with Gasteiger partial charge in [0.15, 0.2) is 0 Å². The number of benzene rings is 1. The number of likely N-dealkylation sites (N-methyl/N-ethyl adjacent to an activating group) is 1. The maximum Gasteiger partial charge on any atom is 0.129 e. The summed E-state index contributed by atoms with van der Waals surface area (Å²) >= 11 is 1.65. The quantitative estimate of drug-likeness (QED) is 0.816. The molecule has 1 saturated heterocycles. The molecule has 1 aromatic rings. The summed E-state index contributed by atoms with van der Waals surface area (Å²) in [4.78, 5) is 3.21. The van der Waals surface area contributed by atoms with E-state index in [1.54, 1.807) is 17.8 Å². The van der Waals surface area contributed by atoms with Gasteiger partial charge in [0, 0.05) is 23.7 Å². The molecule has 1 heterocycles.